The molecule has 0 saturated heterocycles. The van der Waals surface area contributed by atoms with Crippen molar-refractivity contribution < 1.29 is 0 Å². The Bertz CT molecular complexity index is 509. The molecule has 1 heterocycles. The van der Waals surface area contributed by atoms with Crippen molar-refractivity contribution in [2.75, 3.05) is 13.1 Å². The summed E-state index contributed by atoms with van der Waals surface area (Å²) >= 11 is 11.4. The maximum Gasteiger partial charge on any atom is 0.0406 e. The van der Waals surface area contributed by atoms with E-state index in [1.54, 1.807) is 0 Å². The van der Waals surface area contributed by atoms with Gasteiger partial charge in [0.1, 0.15) is 0 Å². The molecule has 1 N–H and O–H groups in total. The van der Waals surface area contributed by atoms with Crippen molar-refractivity contribution in [3.63, 3.8) is 0 Å². The molecule has 0 amide bonds. The SMILES string of the molecule is CCNCC(Cc1sccc1Br)c1ccc(Cl)cc1. The molecule has 102 valence electrons. The summed E-state index contributed by atoms with van der Waals surface area (Å²) < 4.78 is 1.22. The first-order chi connectivity index (χ1) is 9.20. The standard InChI is InChI=1S/C15H17BrClNS/c1-2-18-10-12(9-15-14(16)7-8-19-15)11-3-5-13(17)6-4-11/h3-8,12,18H,2,9-10H2,1H3. The first-order valence-electron chi connectivity index (χ1n) is 6.38. The average Bonchev–Trinajstić information content (AvgIpc) is 2.81. The first kappa shape index (κ1) is 15.0. The van der Waals surface area contributed by atoms with Gasteiger partial charge in [-0.2, -0.15) is 0 Å². The molecule has 1 atom stereocenters. The van der Waals surface area contributed by atoms with Crippen molar-refractivity contribution >= 4 is 38.9 Å². The fourth-order valence-electron chi connectivity index (χ4n) is 2.06. The summed E-state index contributed by atoms with van der Waals surface area (Å²) in [5, 5.41) is 6.37. The van der Waals surface area contributed by atoms with E-state index >= 15 is 0 Å². The highest BCUT2D eigenvalue weighted by Crippen LogP contribution is 2.29. The van der Waals surface area contributed by atoms with Crippen LogP contribution in [0.4, 0.5) is 0 Å². The molecule has 0 saturated carbocycles. The average molecular weight is 359 g/mol. The van der Waals surface area contributed by atoms with Crippen LogP contribution in [-0.2, 0) is 6.42 Å². The van der Waals surface area contributed by atoms with Crippen molar-refractivity contribution in [2.24, 2.45) is 0 Å². The van der Waals surface area contributed by atoms with Crippen molar-refractivity contribution in [3.8, 4) is 0 Å². The smallest absolute Gasteiger partial charge is 0.0406 e. The zero-order valence-corrected chi connectivity index (χ0v) is 14.0. The van der Waals surface area contributed by atoms with Gasteiger partial charge in [0.05, 0.1) is 0 Å². The predicted molar refractivity (Wildman–Crippen MR) is 88.5 cm³/mol. The summed E-state index contributed by atoms with van der Waals surface area (Å²) in [5.74, 6) is 0.479. The maximum atomic E-state index is 5.97. The van der Waals surface area contributed by atoms with Crippen LogP contribution < -0.4 is 5.32 Å². The molecule has 4 heteroatoms. The number of hydrogen-bond donors (Lipinski definition) is 1. The van der Waals surface area contributed by atoms with Gasteiger partial charge in [-0.15, -0.1) is 11.3 Å². The summed E-state index contributed by atoms with van der Waals surface area (Å²) in [6.45, 7) is 4.12. The number of hydrogen-bond acceptors (Lipinski definition) is 2. The molecule has 0 aliphatic heterocycles. The van der Waals surface area contributed by atoms with Gasteiger partial charge in [0, 0.05) is 26.8 Å². The van der Waals surface area contributed by atoms with E-state index in [0.717, 1.165) is 24.5 Å². The van der Waals surface area contributed by atoms with Crippen LogP contribution in [0.1, 0.15) is 23.3 Å². The van der Waals surface area contributed by atoms with Gasteiger partial charge < -0.3 is 5.32 Å². The van der Waals surface area contributed by atoms with Crippen molar-refractivity contribution in [2.45, 2.75) is 19.3 Å². The fraction of sp³-hybridized carbons (Fsp3) is 0.333. The number of nitrogens with one attached hydrogen (secondary N) is 1. The zero-order valence-electron chi connectivity index (χ0n) is 10.8. The highest BCUT2D eigenvalue weighted by molar-refractivity contribution is 9.10. The van der Waals surface area contributed by atoms with Gasteiger partial charge in [-0.3, -0.25) is 0 Å². The lowest BCUT2D eigenvalue weighted by Gasteiger charge is -2.17. The Balaban J connectivity index is 2.15. The van der Waals surface area contributed by atoms with Crippen molar-refractivity contribution in [1.82, 2.24) is 5.32 Å². The Labute approximate surface area is 132 Å². The van der Waals surface area contributed by atoms with Crippen molar-refractivity contribution in [3.05, 3.63) is 55.6 Å². The van der Waals surface area contributed by atoms with E-state index in [4.69, 9.17) is 11.6 Å². The molecular formula is C15H17BrClNS. The molecule has 2 rings (SSSR count). The second kappa shape index (κ2) is 7.44. The van der Waals surface area contributed by atoms with Crippen LogP contribution in [0.5, 0.6) is 0 Å². The van der Waals surface area contributed by atoms with E-state index in [1.165, 1.54) is 14.9 Å². The summed E-state index contributed by atoms with van der Waals surface area (Å²) in [6, 6.07) is 10.3. The summed E-state index contributed by atoms with van der Waals surface area (Å²) in [6.07, 6.45) is 1.05. The lowest BCUT2D eigenvalue weighted by Crippen LogP contribution is -2.22. The molecule has 0 aliphatic rings. The maximum absolute atomic E-state index is 5.97. The van der Waals surface area contributed by atoms with Crippen LogP contribution in [0.3, 0.4) is 0 Å². The lowest BCUT2D eigenvalue weighted by molar-refractivity contribution is 0.597. The lowest BCUT2D eigenvalue weighted by atomic mass is 9.95. The van der Waals surface area contributed by atoms with Gasteiger partial charge in [-0.25, -0.2) is 0 Å². The Morgan fingerprint density at radius 1 is 1.26 bits per heavy atom. The minimum absolute atomic E-state index is 0.479. The van der Waals surface area contributed by atoms with E-state index in [9.17, 15) is 0 Å². The van der Waals surface area contributed by atoms with Gasteiger partial charge in [-0.05, 0) is 58.0 Å². The van der Waals surface area contributed by atoms with Gasteiger partial charge >= 0.3 is 0 Å². The number of halogens is 2. The van der Waals surface area contributed by atoms with Crippen molar-refractivity contribution in [1.29, 1.82) is 0 Å². The molecule has 19 heavy (non-hydrogen) atoms. The topological polar surface area (TPSA) is 12.0 Å². The molecule has 1 nitrogen and oxygen atoms in total. The van der Waals surface area contributed by atoms with E-state index in [-0.39, 0.29) is 0 Å². The van der Waals surface area contributed by atoms with Gasteiger partial charge in [-0.1, -0.05) is 30.7 Å². The molecule has 2 aromatic rings. The Hall–Kier alpha value is -0.350. The third-order valence-electron chi connectivity index (χ3n) is 3.10. The number of rotatable bonds is 6. The largest absolute Gasteiger partial charge is 0.316 e. The predicted octanol–water partition coefficient (Wildman–Crippen LogP) is 5.10. The summed E-state index contributed by atoms with van der Waals surface area (Å²) in [5.41, 5.74) is 1.34. The van der Waals surface area contributed by atoms with Gasteiger partial charge in [0.2, 0.25) is 0 Å². The monoisotopic (exact) mass is 357 g/mol. The molecule has 1 aromatic carbocycles. The second-order valence-electron chi connectivity index (χ2n) is 4.45. The Morgan fingerprint density at radius 3 is 2.58 bits per heavy atom. The van der Waals surface area contributed by atoms with Crippen LogP contribution >= 0.6 is 38.9 Å². The van der Waals surface area contributed by atoms with E-state index < -0.39 is 0 Å². The van der Waals surface area contributed by atoms with E-state index in [0.29, 0.717) is 5.92 Å². The van der Waals surface area contributed by atoms with E-state index in [2.05, 4.69) is 51.7 Å². The quantitative estimate of drug-likeness (QED) is 0.757. The van der Waals surface area contributed by atoms with Crippen LogP contribution in [0.25, 0.3) is 0 Å². The van der Waals surface area contributed by atoms with Gasteiger partial charge in [0.25, 0.3) is 0 Å². The molecular weight excluding hydrogens is 342 g/mol. The molecule has 1 unspecified atom stereocenters. The fourth-order valence-corrected chi connectivity index (χ4v) is 3.78. The third kappa shape index (κ3) is 4.32. The van der Waals surface area contributed by atoms with Crippen LogP contribution in [0.15, 0.2) is 40.2 Å². The zero-order chi connectivity index (χ0) is 13.7. The Kier molecular flexibility index (Phi) is 5.89. The molecule has 0 radical (unpaired) electrons. The third-order valence-corrected chi connectivity index (χ3v) is 5.31. The van der Waals surface area contributed by atoms with Crippen LogP contribution in [-0.4, -0.2) is 13.1 Å². The van der Waals surface area contributed by atoms with E-state index in [1.807, 2.05) is 23.5 Å². The molecule has 0 fully saturated rings. The molecule has 0 aliphatic carbocycles. The highest BCUT2D eigenvalue weighted by Gasteiger charge is 2.14. The normalized spacial score (nSPS) is 12.6. The first-order valence-corrected chi connectivity index (χ1v) is 8.43. The van der Waals surface area contributed by atoms with Gasteiger partial charge in [0.15, 0.2) is 0 Å². The summed E-state index contributed by atoms with van der Waals surface area (Å²) in [7, 11) is 0. The summed E-state index contributed by atoms with van der Waals surface area (Å²) in [4.78, 5) is 1.40. The number of benzene rings is 1. The number of likely N-dealkylation sites (N-methyl/N-ethyl adjacent to an activating group) is 1. The van der Waals surface area contributed by atoms with Crippen LogP contribution in [0.2, 0.25) is 5.02 Å². The Morgan fingerprint density at radius 2 is 2.00 bits per heavy atom. The second-order valence-corrected chi connectivity index (χ2v) is 6.74. The minimum Gasteiger partial charge on any atom is -0.316 e. The molecule has 0 spiro atoms. The number of thiophene rings is 1. The highest BCUT2D eigenvalue weighted by atomic mass is 79.9. The minimum atomic E-state index is 0.479. The molecule has 1 aromatic heterocycles. The van der Waals surface area contributed by atoms with Crippen LogP contribution in [0, 0.1) is 0 Å². The molecule has 0 bridgehead atoms.